The van der Waals surface area contributed by atoms with Crippen molar-refractivity contribution in [3.63, 3.8) is 0 Å². The summed E-state index contributed by atoms with van der Waals surface area (Å²) >= 11 is 0. The van der Waals surface area contributed by atoms with E-state index in [1.807, 2.05) is 25.1 Å². The van der Waals surface area contributed by atoms with E-state index in [-0.39, 0.29) is 11.5 Å². The van der Waals surface area contributed by atoms with Crippen molar-refractivity contribution in [2.45, 2.75) is 46.6 Å². The van der Waals surface area contributed by atoms with Gasteiger partial charge in [-0.15, -0.1) is 0 Å². The second-order valence-corrected chi connectivity index (χ2v) is 7.94. The number of anilines is 1. The third kappa shape index (κ3) is 6.03. The van der Waals surface area contributed by atoms with E-state index < -0.39 is 0 Å². The molecular formula is C21H35N3O3. The largest absolute Gasteiger partial charge is 0.493 e. The lowest BCUT2D eigenvalue weighted by atomic mass is 9.78. The smallest absolute Gasteiger partial charge is 0.195 e. The fourth-order valence-corrected chi connectivity index (χ4v) is 3.58. The van der Waals surface area contributed by atoms with Gasteiger partial charge in [-0.2, -0.15) is 0 Å². The monoisotopic (exact) mass is 377 g/mol. The second kappa shape index (κ2) is 9.83. The van der Waals surface area contributed by atoms with Crippen molar-refractivity contribution >= 4 is 11.6 Å². The van der Waals surface area contributed by atoms with E-state index in [0.29, 0.717) is 18.3 Å². The summed E-state index contributed by atoms with van der Waals surface area (Å²) in [5.74, 6) is 2.64. The van der Waals surface area contributed by atoms with Crippen LogP contribution in [-0.2, 0) is 4.74 Å². The highest BCUT2D eigenvalue weighted by atomic mass is 16.5. The van der Waals surface area contributed by atoms with Crippen LogP contribution in [0, 0.1) is 11.3 Å². The number of hydrogen-bond acceptors (Lipinski definition) is 4. The van der Waals surface area contributed by atoms with Crippen molar-refractivity contribution in [2.75, 3.05) is 39.2 Å². The Morgan fingerprint density at radius 1 is 1.30 bits per heavy atom. The third-order valence-electron chi connectivity index (χ3n) is 4.78. The average Bonchev–Trinajstić information content (AvgIpc) is 2.65. The molecule has 2 unspecified atom stereocenters. The van der Waals surface area contributed by atoms with E-state index in [4.69, 9.17) is 14.2 Å². The van der Waals surface area contributed by atoms with Crippen LogP contribution in [0.3, 0.4) is 0 Å². The first-order chi connectivity index (χ1) is 12.9. The summed E-state index contributed by atoms with van der Waals surface area (Å²) in [5.41, 5.74) is 1.03. The Labute approximate surface area is 163 Å². The lowest BCUT2D eigenvalue weighted by Crippen LogP contribution is -2.46. The molecule has 1 fully saturated rings. The molecule has 0 aromatic heterocycles. The Morgan fingerprint density at radius 3 is 2.70 bits per heavy atom. The van der Waals surface area contributed by atoms with Gasteiger partial charge in [0, 0.05) is 37.9 Å². The van der Waals surface area contributed by atoms with E-state index in [1.165, 1.54) is 6.42 Å². The SMILES string of the molecule is CCOc1cc(NC(=NC)NCC2CCCOC2C(C)(C)C)ccc1OC. The maximum absolute atomic E-state index is 6.08. The van der Waals surface area contributed by atoms with Crippen LogP contribution in [0.15, 0.2) is 23.2 Å². The Kier molecular flexibility index (Phi) is 7.78. The van der Waals surface area contributed by atoms with Crippen LogP contribution >= 0.6 is 0 Å². The van der Waals surface area contributed by atoms with Crippen molar-refractivity contribution in [1.82, 2.24) is 5.32 Å². The molecular weight excluding hydrogens is 342 g/mol. The van der Waals surface area contributed by atoms with Gasteiger partial charge in [-0.05, 0) is 37.3 Å². The molecule has 6 nitrogen and oxygen atoms in total. The first kappa shape index (κ1) is 21.4. The standard InChI is InChI=1S/C21H35N3O3/c1-7-26-18-13-16(10-11-17(18)25-6)24-20(22-5)23-14-15-9-8-12-27-19(15)21(2,3)4/h10-11,13,15,19H,7-9,12,14H2,1-6H3,(H2,22,23,24). The molecule has 1 aliphatic rings. The first-order valence-electron chi connectivity index (χ1n) is 9.79. The lowest BCUT2D eigenvalue weighted by molar-refractivity contribution is -0.0835. The van der Waals surface area contributed by atoms with Crippen LogP contribution < -0.4 is 20.1 Å². The minimum atomic E-state index is 0.131. The van der Waals surface area contributed by atoms with Crippen molar-refractivity contribution in [2.24, 2.45) is 16.3 Å². The number of nitrogens with one attached hydrogen (secondary N) is 2. The molecule has 2 atom stereocenters. The quantitative estimate of drug-likeness (QED) is 0.581. The van der Waals surface area contributed by atoms with Gasteiger partial charge in [-0.25, -0.2) is 0 Å². The summed E-state index contributed by atoms with van der Waals surface area (Å²) in [5, 5.41) is 6.79. The van der Waals surface area contributed by atoms with E-state index in [9.17, 15) is 0 Å². The molecule has 1 aliphatic heterocycles. The molecule has 1 aromatic carbocycles. The minimum Gasteiger partial charge on any atom is -0.493 e. The topological polar surface area (TPSA) is 64.1 Å². The summed E-state index contributed by atoms with van der Waals surface area (Å²) in [6.45, 7) is 11.0. The molecule has 0 bridgehead atoms. The maximum atomic E-state index is 6.08. The van der Waals surface area contributed by atoms with E-state index >= 15 is 0 Å². The Morgan fingerprint density at radius 2 is 2.07 bits per heavy atom. The Balaban J connectivity index is 2.00. The molecule has 1 heterocycles. The summed E-state index contributed by atoms with van der Waals surface area (Å²) in [7, 11) is 3.42. The molecule has 0 amide bonds. The average molecular weight is 378 g/mol. The molecule has 152 valence electrons. The molecule has 0 aliphatic carbocycles. The van der Waals surface area contributed by atoms with Gasteiger partial charge in [0.25, 0.3) is 0 Å². The van der Waals surface area contributed by atoms with Gasteiger partial charge >= 0.3 is 0 Å². The molecule has 2 N–H and O–H groups in total. The van der Waals surface area contributed by atoms with Crippen molar-refractivity contribution in [3.05, 3.63) is 18.2 Å². The van der Waals surface area contributed by atoms with Gasteiger partial charge in [-0.1, -0.05) is 20.8 Å². The summed E-state index contributed by atoms with van der Waals surface area (Å²) in [6, 6.07) is 5.78. The van der Waals surface area contributed by atoms with Crippen LogP contribution in [0.1, 0.15) is 40.5 Å². The number of guanidine groups is 1. The van der Waals surface area contributed by atoms with Crippen molar-refractivity contribution in [3.8, 4) is 11.5 Å². The number of benzene rings is 1. The molecule has 0 spiro atoms. The van der Waals surface area contributed by atoms with Gasteiger partial charge < -0.3 is 24.8 Å². The summed E-state index contributed by atoms with van der Waals surface area (Å²) < 4.78 is 17.1. The van der Waals surface area contributed by atoms with Crippen LogP contribution in [0.5, 0.6) is 11.5 Å². The fraction of sp³-hybridized carbons (Fsp3) is 0.667. The van der Waals surface area contributed by atoms with Gasteiger partial charge in [0.05, 0.1) is 19.8 Å². The molecule has 1 aromatic rings. The van der Waals surface area contributed by atoms with Gasteiger partial charge in [0.2, 0.25) is 0 Å². The highest BCUT2D eigenvalue weighted by molar-refractivity contribution is 5.93. The van der Waals surface area contributed by atoms with Crippen LogP contribution in [0.25, 0.3) is 0 Å². The van der Waals surface area contributed by atoms with Crippen LogP contribution in [0.2, 0.25) is 0 Å². The summed E-state index contributed by atoms with van der Waals surface area (Å²) in [4.78, 5) is 4.35. The number of ether oxygens (including phenoxy) is 3. The number of hydrogen-bond donors (Lipinski definition) is 2. The number of methoxy groups -OCH3 is 1. The molecule has 6 heteroatoms. The van der Waals surface area contributed by atoms with Gasteiger partial charge in [-0.3, -0.25) is 4.99 Å². The van der Waals surface area contributed by atoms with E-state index in [0.717, 1.165) is 37.0 Å². The minimum absolute atomic E-state index is 0.131. The second-order valence-electron chi connectivity index (χ2n) is 7.94. The molecule has 27 heavy (non-hydrogen) atoms. The zero-order valence-corrected chi connectivity index (χ0v) is 17.6. The molecule has 0 radical (unpaired) electrons. The van der Waals surface area contributed by atoms with Gasteiger partial charge in [0.15, 0.2) is 17.5 Å². The van der Waals surface area contributed by atoms with Crippen molar-refractivity contribution in [1.29, 1.82) is 0 Å². The zero-order chi connectivity index (χ0) is 19.9. The summed E-state index contributed by atoms with van der Waals surface area (Å²) in [6.07, 6.45) is 2.53. The van der Waals surface area contributed by atoms with Crippen LogP contribution in [-0.4, -0.2) is 46.0 Å². The number of aliphatic imine (C=N–C) groups is 1. The highest BCUT2D eigenvalue weighted by Crippen LogP contribution is 2.34. The highest BCUT2D eigenvalue weighted by Gasteiger charge is 2.35. The van der Waals surface area contributed by atoms with E-state index in [1.54, 1.807) is 14.2 Å². The predicted octanol–water partition coefficient (Wildman–Crippen LogP) is 3.92. The number of nitrogens with zero attached hydrogens (tertiary/aromatic N) is 1. The Bertz CT molecular complexity index is 626. The normalized spacial score (nSPS) is 20.9. The first-order valence-corrected chi connectivity index (χ1v) is 9.79. The molecule has 2 rings (SSSR count). The van der Waals surface area contributed by atoms with E-state index in [2.05, 4.69) is 36.4 Å². The molecule has 0 saturated carbocycles. The lowest BCUT2D eigenvalue weighted by Gasteiger charge is -2.40. The molecule has 1 saturated heterocycles. The van der Waals surface area contributed by atoms with Gasteiger partial charge in [0.1, 0.15) is 0 Å². The Hall–Kier alpha value is -1.95. The fourth-order valence-electron chi connectivity index (χ4n) is 3.58. The number of rotatable bonds is 6. The third-order valence-corrected chi connectivity index (χ3v) is 4.78. The van der Waals surface area contributed by atoms with Crippen molar-refractivity contribution < 1.29 is 14.2 Å². The predicted molar refractivity (Wildman–Crippen MR) is 111 cm³/mol. The maximum Gasteiger partial charge on any atom is 0.195 e. The van der Waals surface area contributed by atoms with Crippen LogP contribution in [0.4, 0.5) is 5.69 Å². The zero-order valence-electron chi connectivity index (χ0n) is 17.6.